The molecule has 0 saturated heterocycles. The van der Waals surface area contributed by atoms with Crippen molar-refractivity contribution in [3.8, 4) is 11.8 Å². The number of rotatable bonds is 6. The number of hydrogen-bond donors (Lipinski definition) is 1. The molecule has 1 rings (SSSR count). The number of carbonyl (C=O) groups excluding carboxylic acids is 1. The van der Waals surface area contributed by atoms with Crippen molar-refractivity contribution in [2.45, 2.75) is 45.8 Å². The second-order valence-corrected chi connectivity index (χ2v) is 4.60. The number of amides is 1. The number of ether oxygens (including phenoxy) is 1. The number of nitrogens with one attached hydrogen (secondary N) is 1. The van der Waals surface area contributed by atoms with Crippen molar-refractivity contribution in [1.82, 2.24) is 5.32 Å². The summed E-state index contributed by atoms with van der Waals surface area (Å²) in [6.07, 6.45) is 1.40. The molecule has 0 radical (unpaired) electrons. The average Bonchev–Trinajstić information content (AvgIpc) is 2.39. The lowest BCUT2D eigenvalue weighted by Gasteiger charge is -2.18. The van der Waals surface area contributed by atoms with Crippen LogP contribution in [0.2, 0.25) is 0 Å². The maximum atomic E-state index is 11.9. The molecule has 0 fully saturated rings. The number of nitriles is 1. The van der Waals surface area contributed by atoms with Gasteiger partial charge in [0, 0.05) is 6.04 Å². The smallest absolute Gasteiger partial charge is 0.260 e. The second-order valence-electron chi connectivity index (χ2n) is 4.60. The molecule has 0 spiro atoms. The predicted octanol–water partition coefficient (Wildman–Crippen LogP) is 2.63. The molecule has 1 aromatic rings. The Balaban J connectivity index is 2.56. The first-order valence-electron chi connectivity index (χ1n) is 6.54. The van der Waals surface area contributed by atoms with E-state index in [1.54, 1.807) is 31.2 Å². The largest absolute Gasteiger partial charge is 0.481 e. The molecular weight excluding hydrogens is 240 g/mol. The molecule has 2 unspecified atom stereocenters. The minimum absolute atomic E-state index is 0.136. The van der Waals surface area contributed by atoms with Gasteiger partial charge in [0.15, 0.2) is 6.10 Å². The molecule has 1 N–H and O–H groups in total. The average molecular weight is 260 g/mol. The van der Waals surface area contributed by atoms with Crippen molar-refractivity contribution in [3.63, 3.8) is 0 Å². The van der Waals surface area contributed by atoms with Crippen molar-refractivity contribution in [2.75, 3.05) is 0 Å². The summed E-state index contributed by atoms with van der Waals surface area (Å²) in [5.41, 5.74) is 0.518. The van der Waals surface area contributed by atoms with Gasteiger partial charge in [0.25, 0.3) is 5.91 Å². The van der Waals surface area contributed by atoms with E-state index < -0.39 is 6.10 Å². The molecule has 1 aromatic carbocycles. The Morgan fingerprint density at radius 1 is 1.47 bits per heavy atom. The van der Waals surface area contributed by atoms with Crippen LogP contribution >= 0.6 is 0 Å². The summed E-state index contributed by atoms with van der Waals surface area (Å²) in [6.45, 7) is 5.76. The lowest BCUT2D eigenvalue weighted by atomic mass is 10.2. The Kier molecular flexibility index (Phi) is 5.87. The molecule has 1 amide bonds. The second kappa shape index (κ2) is 7.42. The maximum Gasteiger partial charge on any atom is 0.260 e. The number of hydrogen-bond acceptors (Lipinski definition) is 3. The van der Waals surface area contributed by atoms with Gasteiger partial charge in [-0.2, -0.15) is 5.26 Å². The van der Waals surface area contributed by atoms with Gasteiger partial charge < -0.3 is 10.1 Å². The Morgan fingerprint density at radius 2 is 2.21 bits per heavy atom. The third-order valence-electron chi connectivity index (χ3n) is 2.76. The van der Waals surface area contributed by atoms with E-state index >= 15 is 0 Å². The standard InChI is InChI=1S/C15H20N2O2/c1-4-6-11(2)17-15(18)12(3)19-14-8-5-7-13(9-14)10-16/h5,7-9,11-12H,4,6H2,1-3H3,(H,17,18). The lowest BCUT2D eigenvalue weighted by molar-refractivity contribution is -0.127. The predicted molar refractivity (Wildman–Crippen MR) is 73.8 cm³/mol. The number of benzene rings is 1. The maximum absolute atomic E-state index is 11.9. The Labute approximate surface area is 114 Å². The van der Waals surface area contributed by atoms with E-state index in [1.807, 2.05) is 13.0 Å². The summed E-state index contributed by atoms with van der Waals surface area (Å²) in [5.74, 6) is 0.396. The van der Waals surface area contributed by atoms with Crippen molar-refractivity contribution < 1.29 is 9.53 Å². The molecule has 4 heteroatoms. The van der Waals surface area contributed by atoms with Gasteiger partial charge in [0.1, 0.15) is 5.75 Å². The fourth-order valence-corrected chi connectivity index (χ4v) is 1.76. The van der Waals surface area contributed by atoms with Gasteiger partial charge in [-0.1, -0.05) is 19.4 Å². The van der Waals surface area contributed by atoms with Crippen molar-refractivity contribution in [3.05, 3.63) is 29.8 Å². The van der Waals surface area contributed by atoms with Gasteiger partial charge in [-0.25, -0.2) is 0 Å². The van der Waals surface area contributed by atoms with Gasteiger partial charge >= 0.3 is 0 Å². The van der Waals surface area contributed by atoms with Gasteiger partial charge in [-0.3, -0.25) is 4.79 Å². The highest BCUT2D eigenvalue weighted by Gasteiger charge is 2.16. The van der Waals surface area contributed by atoms with Crippen LogP contribution < -0.4 is 10.1 Å². The third-order valence-corrected chi connectivity index (χ3v) is 2.76. The highest BCUT2D eigenvalue weighted by Crippen LogP contribution is 2.14. The van der Waals surface area contributed by atoms with Crippen LogP contribution in [0.25, 0.3) is 0 Å². The molecule has 0 aliphatic heterocycles. The van der Waals surface area contributed by atoms with Crippen LogP contribution in [0.5, 0.6) is 5.75 Å². The summed E-state index contributed by atoms with van der Waals surface area (Å²) < 4.78 is 5.53. The van der Waals surface area contributed by atoms with Crippen LogP contribution in [-0.2, 0) is 4.79 Å². The third kappa shape index (κ3) is 5.01. The van der Waals surface area contributed by atoms with E-state index in [-0.39, 0.29) is 11.9 Å². The minimum Gasteiger partial charge on any atom is -0.481 e. The minimum atomic E-state index is -0.576. The zero-order chi connectivity index (χ0) is 14.3. The molecule has 0 aromatic heterocycles. The van der Waals surface area contributed by atoms with E-state index in [0.29, 0.717) is 11.3 Å². The molecule has 0 heterocycles. The Bertz CT molecular complexity index is 465. The van der Waals surface area contributed by atoms with Crippen LogP contribution in [0, 0.1) is 11.3 Å². The van der Waals surface area contributed by atoms with Crippen LogP contribution in [0.3, 0.4) is 0 Å². The zero-order valence-corrected chi connectivity index (χ0v) is 11.6. The van der Waals surface area contributed by atoms with Crippen molar-refractivity contribution >= 4 is 5.91 Å². The first-order chi connectivity index (χ1) is 9.06. The Hall–Kier alpha value is -2.02. The van der Waals surface area contributed by atoms with Crippen LogP contribution in [0.1, 0.15) is 39.2 Å². The van der Waals surface area contributed by atoms with Crippen LogP contribution in [0.15, 0.2) is 24.3 Å². The fourth-order valence-electron chi connectivity index (χ4n) is 1.76. The Morgan fingerprint density at radius 3 is 2.84 bits per heavy atom. The molecule has 0 aliphatic carbocycles. The van der Waals surface area contributed by atoms with Gasteiger partial charge in [0.2, 0.25) is 0 Å². The summed E-state index contributed by atoms with van der Waals surface area (Å²) in [4.78, 5) is 11.9. The summed E-state index contributed by atoms with van der Waals surface area (Å²) in [6, 6.07) is 8.98. The first-order valence-corrected chi connectivity index (χ1v) is 6.54. The van der Waals surface area contributed by atoms with E-state index in [4.69, 9.17) is 10.00 Å². The van der Waals surface area contributed by atoms with Crippen LogP contribution in [0.4, 0.5) is 0 Å². The quantitative estimate of drug-likeness (QED) is 0.855. The van der Waals surface area contributed by atoms with Crippen LogP contribution in [-0.4, -0.2) is 18.1 Å². The van der Waals surface area contributed by atoms with Crippen molar-refractivity contribution in [2.24, 2.45) is 0 Å². The molecule has 0 saturated carbocycles. The van der Waals surface area contributed by atoms with E-state index in [2.05, 4.69) is 12.2 Å². The van der Waals surface area contributed by atoms with E-state index in [0.717, 1.165) is 12.8 Å². The van der Waals surface area contributed by atoms with E-state index in [9.17, 15) is 4.79 Å². The summed E-state index contributed by atoms with van der Waals surface area (Å²) in [5, 5.41) is 11.7. The molecular formula is C15H20N2O2. The molecule has 2 atom stereocenters. The number of nitrogens with zero attached hydrogens (tertiary/aromatic N) is 1. The molecule has 102 valence electrons. The molecule has 0 bridgehead atoms. The lowest BCUT2D eigenvalue weighted by Crippen LogP contribution is -2.41. The van der Waals surface area contributed by atoms with Gasteiger partial charge in [-0.05, 0) is 38.5 Å². The topological polar surface area (TPSA) is 62.1 Å². The van der Waals surface area contributed by atoms with Crippen molar-refractivity contribution in [1.29, 1.82) is 5.26 Å². The monoisotopic (exact) mass is 260 g/mol. The first kappa shape index (κ1) is 15.0. The molecule has 4 nitrogen and oxygen atoms in total. The zero-order valence-electron chi connectivity index (χ0n) is 11.6. The van der Waals surface area contributed by atoms with Gasteiger partial charge in [0.05, 0.1) is 11.6 Å². The summed E-state index contributed by atoms with van der Waals surface area (Å²) >= 11 is 0. The SMILES string of the molecule is CCCC(C)NC(=O)C(C)Oc1cccc(C#N)c1. The normalized spacial score (nSPS) is 13.2. The molecule has 19 heavy (non-hydrogen) atoms. The van der Waals surface area contributed by atoms with E-state index in [1.165, 1.54) is 0 Å². The fraction of sp³-hybridized carbons (Fsp3) is 0.467. The highest BCUT2D eigenvalue weighted by atomic mass is 16.5. The van der Waals surface area contributed by atoms with Gasteiger partial charge in [-0.15, -0.1) is 0 Å². The summed E-state index contributed by atoms with van der Waals surface area (Å²) in [7, 11) is 0. The highest BCUT2D eigenvalue weighted by molar-refractivity contribution is 5.80. The number of carbonyl (C=O) groups is 1. The molecule has 0 aliphatic rings.